The van der Waals surface area contributed by atoms with Gasteiger partial charge in [-0.15, -0.1) is 0 Å². The molecule has 2 aromatic heterocycles. The van der Waals surface area contributed by atoms with Crippen molar-refractivity contribution >= 4 is 18.1 Å². The molecule has 0 fully saturated rings. The molecule has 4 N–H and O–H groups in total. The summed E-state index contributed by atoms with van der Waals surface area (Å²) in [5, 5.41) is 20.2. The van der Waals surface area contributed by atoms with Crippen molar-refractivity contribution in [1.29, 1.82) is 0 Å². The number of carbonyl (C=O) groups excluding carboxylic acids is 3. The first-order valence-electron chi connectivity index (χ1n) is 16.5. The summed E-state index contributed by atoms with van der Waals surface area (Å²) in [7, 11) is 1.53. The number of nitrogens with one attached hydrogen (secondary N) is 3. The second-order valence-electron chi connectivity index (χ2n) is 12.2. The van der Waals surface area contributed by atoms with Crippen LogP contribution in [0.3, 0.4) is 0 Å². The van der Waals surface area contributed by atoms with Gasteiger partial charge in [-0.3, -0.25) is 14.8 Å². The summed E-state index contributed by atoms with van der Waals surface area (Å²) in [5.41, 5.74) is 3.09. The lowest BCUT2D eigenvalue weighted by Gasteiger charge is -2.30. The molecule has 1 unspecified atom stereocenters. The highest BCUT2D eigenvalue weighted by Gasteiger charge is 2.31. The summed E-state index contributed by atoms with van der Waals surface area (Å²) in [6.07, 6.45) is 3.08. The smallest absolute Gasteiger partial charge is 0.408 e. The largest absolute Gasteiger partial charge is 0.495 e. The van der Waals surface area contributed by atoms with Gasteiger partial charge in [-0.25, -0.2) is 9.59 Å². The van der Waals surface area contributed by atoms with Gasteiger partial charge in [0.25, 0.3) is 0 Å². The van der Waals surface area contributed by atoms with Crippen molar-refractivity contribution in [2.24, 2.45) is 5.92 Å². The Morgan fingerprint density at radius 2 is 1.38 bits per heavy atom. The topological polar surface area (TPSA) is 161 Å². The average Bonchev–Trinajstić information content (AvgIpc) is 3.13. The first-order valence-corrected chi connectivity index (χ1v) is 16.5. The van der Waals surface area contributed by atoms with Crippen LogP contribution in [0.5, 0.6) is 5.75 Å². The lowest BCUT2D eigenvalue weighted by molar-refractivity contribution is -0.125. The molecule has 0 aliphatic carbocycles. The first kappa shape index (κ1) is 37.3. The molecule has 4 aromatic rings. The van der Waals surface area contributed by atoms with Gasteiger partial charge in [0.1, 0.15) is 25.0 Å². The molecular formula is C38H45N5O7. The van der Waals surface area contributed by atoms with Crippen LogP contribution in [0.1, 0.15) is 42.7 Å². The normalized spacial score (nSPS) is 13.3. The van der Waals surface area contributed by atoms with Crippen LogP contribution in [0, 0.1) is 5.92 Å². The van der Waals surface area contributed by atoms with Gasteiger partial charge in [0.05, 0.1) is 31.1 Å². The van der Waals surface area contributed by atoms with Crippen LogP contribution >= 0.6 is 0 Å². The molecule has 4 rings (SSSR count). The number of benzene rings is 2. The summed E-state index contributed by atoms with van der Waals surface area (Å²) in [5.74, 6) is -0.217. The van der Waals surface area contributed by atoms with Gasteiger partial charge < -0.3 is 35.3 Å². The summed E-state index contributed by atoms with van der Waals surface area (Å²) in [4.78, 5) is 47.6. The molecule has 2 heterocycles. The van der Waals surface area contributed by atoms with Crippen LogP contribution in [0.15, 0.2) is 104 Å². The molecule has 264 valence electrons. The van der Waals surface area contributed by atoms with Gasteiger partial charge in [-0.05, 0) is 54.5 Å². The van der Waals surface area contributed by atoms with Gasteiger partial charge in [0.2, 0.25) is 5.91 Å². The molecule has 0 bridgehead atoms. The third-order valence-electron chi connectivity index (χ3n) is 7.96. The van der Waals surface area contributed by atoms with Crippen LogP contribution in [0.4, 0.5) is 9.59 Å². The molecule has 12 heteroatoms. The lowest BCUT2D eigenvalue weighted by Crippen LogP contribution is -2.56. The maximum absolute atomic E-state index is 13.7. The maximum Gasteiger partial charge on any atom is 0.408 e. The fourth-order valence-corrected chi connectivity index (χ4v) is 5.27. The second kappa shape index (κ2) is 19.5. The van der Waals surface area contributed by atoms with Crippen LogP contribution < -0.4 is 20.7 Å². The van der Waals surface area contributed by atoms with E-state index in [9.17, 15) is 19.5 Å². The number of alkyl carbamates (subject to hydrolysis) is 2. The minimum atomic E-state index is -1.09. The Kier molecular flexibility index (Phi) is 14.6. The number of rotatable bonds is 17. The molecule has 0 spiro atoms. The van der Waals surface area contributed by atoms with E-state index in [0.29, 0.717) is 24.3 Å². The van der Waals surface area contributed by atoms with Crippen LogP contribution in [0.2, 0.25) is 0 Å². The molecule has 0 aliphatic rings. The van der Waals surface area contributed by atoms with E-state index >= 15 is 0 Å². The molecule has 3 amide bonds. The summed E-state index contributed by atoms with van der Waals surface area (Å²) in [6, 6.07) is 23.7. The van der Waals surface area contributed by atoms with Gasteiger partial charge >= 0.3 is 12.2 Å². The van der Waals surface area contributed by atoms with Gasteiger partial charge in [0, 0.05) is 24.0 Å². The molecule has 0 saturated heterocycles. The zero-order valence-corrected chi connectivity index (χ0v) is 28.5. The zero-order chi connectivity index (χ0) is 35.7. The summed E-state index contributed by atoms with van der Waals surface area (Å²) < 4.78 is 15.9. The molecule has 4 atom stereocenters. The summed E-state index contributed by atoms with van der Waals surface area (Å²) >= 11 is 0. The van der Waals surface area contributed by atoms with Gasteiger partial charge in [-0.2, -0.15) is 0 Å². The van der Waals surface area contributed by atoms with E-state index in [4.69, 9.17) is 14.2 Å². The van der Waals surface area contributed by atoms with E-state index in [-0.39, 0.29) is 25.6 Å². The van der Waals surface area contributed by atoms with E-state index in [0.717, 1.165) is 16.7 Å². The highest BCUT2D eigenvalue weighted by molar-refractivity contribution is 5.86. The zero-order valence-electron chi connectivity index (χ0n) is 28.5. The fraction of sp³-hybridized carbons (Fsp3) is 0.342. The van der Waals surface area contributed by atoms with E-state index in [2.05, 4.69) is 25.9 Å². The van der Waals surface area contributed by atoms with Gasteiger partial charge in [-0.1, -0.05) is 80.6 Å². The Labute approximate surface area is 292 Å². The Morgan fingerprint density at radius 1 is 0.740 bits per heavy atom. The number of ether oxygens (including phenoxy) is 3. The van der Waals surface area contributed by atoms with Crippen LogP contribution in [-0.2, 0) is 40.3 Å². The number of hydrogen-bond donors (Lipinski definition) is 4. The Hall–Kier alpha value is -5.49. The van der Waals surface area contributed by atoms with Crippen molar-refractivity contribution in [3.05, 3.63) is 126 Å². The number of pyridine rings is 2. The van der Waals surface area contributed by atoms with Gasteiger partial charge in [0.15, 0.2) is 0 Å². The van der Waals surface area contributed by atoms with E-state index in [1.54, 1.807) is 50.5 Å². The standard InChI is InChI=1S/C38H45N5O7/c1-26(2)35(43-38(47)50-25-30-16-17-32(48-3)23-40-30)36(45)42-33(20-28-13-8-5-9-14-28)34(44)21-31(19-27-11-6-4-7-12-27)41-37(46)49-24-29-15-10-18-39-22-29/h4-18,22-23,26,31,33-35,44H,19-21,24-25H2,1-3H3,(H,41,46)(H,42,45)(H,43,47)/t31-,33-,34-,35?/m0/s1. The third kappa shape index (κ3) is 12.5. The molecule has 12 nitrogen and oxygen atoms in total. The van der Waals surface area contributed by atoms with Crippen LogP contribution in [-0.4, -0.2) is 64.5 Å². The second-order valence-corrected chi connectivity index (χ2v) is 12.2. The van der Waals surface area contributed by atoms with E-state index in [1.807, 2.05) is 60.7 Å². The Bertz CT molecular complexity index is 1610. The molecule has 0 aliphatic heterocycles. The number of aliphatic hydroxyl groups excluding tert-OH is 1. The number of amides is 3. The van der Waals surface area contributed by atoms with Crippen molar-refractivity contribution in [1.82, 2.24) is 25.9 Å². The number of aliphatic hydroxyl groups is 1. The highest BCUT2D eigenvalue weighted by Crippen LogP contribution is 2.16. The number of carbonyl (C=O) groups is 3. The monoisotopic (exact) mass is 683 g/mol. The van der Waals surface area contributed by atoms with Crippen molar-refractivity contribution in [2.45, 2.75) is 70.6 Å². The molecule has 0 radical (unpaired) electrons. The number of nitrogens with zero attached hydrogens (tertiary/aromatic N) is 2. The van der Waals surface area contributed by atoms with E-state index in [1.165, 1.54) is 13.3 Å². The Balaban J connectivity index is 1.45. The minimum absolute atomic E-state index is 0.0373. The van der Waals surface area contributed by atoms with Crippen molar-refractivity contribution in [3.63, 3.8) is 0 Å². The maximum atomic E-state index is 13.7. The predicted molar refractivity (Wildman–Crippen MR) is 187 cm³/mol. The Morgan fingerprint density at radius 3 is 1.98 bits per heavy atom. The first-order chi connectivity index (χ1) is 24.2. The lowest BCUT2D eigenvalue weighted by atomic mass is 9.93. The predicted octanol–water partition coefficient (Wildman–Crippen LogP) is 4.75. The van der Waals surface area contributed by atoms with Crippen molar-refractivity contribution < 1.29 is 33.7 Å². The van der Waals surface area contributed by atoms with E-state index < -0.39 is 42.3 Å². The average molecular weight is 684 g/mol. The quantitative estimate of drug-likeness (QED) is 0.123. The number of aromatic nitrogens is 2. The molecule has 0 saturated carbocycles. The molecular weight excluding hydrogens is 638 g/mol. The van der Waals surface area contributed by atoms with Crippen molar-refractivity contribution in [3.8, 4) is 5.75 Å². The number of hydrogen-bond acceptors (Lipinski definition) is 9. The minimum Gasteiger partial charge on any atom is -0.495 e. The van der Waals surface area contributed by atoms with Crippen molar-refractivity contribution in [2.75, 3.05) is 7.11 Å². The SMILES string of the molecule is COc1ccc(COC(=O)NC(C(=O)N[C@@H](Cc2ccccc2)[C@@H](O)C[C@H](Cc2ccccc2)NC(=O)OCc2cccnc2)C(C)C)nc1. The fourth-order valence-electron chi connectivity index (χ4n) is 5.27. The number of methoxy groups -OCH3 is 1. The summed E-state index contributed by atoms with van der Waals surface area (Å²) in [6.45, 7) is 3.54. The molecule has 50 heavy (non-hydrogen) atoms. The molecule has 2 aromatic carbocycles. The third-order valence-corrected chi connectivity index (χ3v) is 7.96. The van der Waals surface area contributed by atoms with Crippen LogP contribution in [0.25, 0.3) is 0 Å². The highest BCUT2D eigenvalue weighted by atomic mass is 16.6.